The average molecular weight is 399 g/mol. The van der Waals surface area contributed by atoms with Crippen LogP contribution in [0.25, 0.3) is 11.0 Å². The summed E-state index contributed by atoms with van der Waals surface area (Å²) in [6, 6.07) is 7.16. The SMILES string of the molecule is COC(=O)CC(c1ccc(Br)s1)c1c(O)ccc2nsnc12. The molecule has 1 unspecified atom stereocenters. The fraction of sp³-hybridized carbons (Fsp3) is 0.214. The highest BCUT2D eigenvalue weighted by Gasteiger charge is 2.26. The zero-order chi connectivity index (χ0) is 15.7. The van der Waals surface area contributed by atoms with Crippen LogP contribution in [0, 0.1) is 0 Å². The Hall–Kier alpha value is -1.51. The lowest BCUT2D eigenvalue weighted by Crippen LogP contribution is -2.10. The zero-order valence-electron chi connectivity index (χ0n) is 11.4. The summed E-state index contributed by atoms with van der Waals surface area (Å²) in [4.78, 5) is 12.8. The lowest BCUT2D eigenvalue weighted by atomic mass is 9.92. The predicted molar refractivity (Wildman–Crippen MR) is 89.6 cm³/mol. The summed E-state index contributed by atoms with van der Waals surface area (Å²) >= 11 is 6.03. The van der Waals surface area contributed by atoms with Gasteiger partial charge in [0.2, 0.25) is 0 Å². The summed E-state index contributed by atoms with van der Waals surface area (Å²) in [5.74, 6) is -0.552. The lowest BCUT2D eigenvalue weighted by molar-refractivity contribution is -0.140. The molecule has 0 radical (unpaired) electrons. The second-order valence-electron chi connectivity index (χ2n) is 4.61. The highest BCUT2D eigenvalue weighted by Crippen LogP contribution is 2.41. The number of hydrogen-bond donors (Lipinski definition) is 1. The van der Waals surface area contributed by atoms with Crippen LogP contribution in [0.5, 0.6) is 5.75 Å². The molecule has 8 heteroatoms. The van der Waals surface area contributed by atoms with E-state index in [0.717, 1.165) is 20.4 Å². The van der Waals surface area contributed by atoms with E-state index in [1.54, 1.807) is 12.1 Å². The van der Waals surface area contributed by atoms with E-state index in [2.05, 4.69) is 24.7 Å². The standard InChI is InChI=1S/C14H11BrN2O3S2/c1-20-12(19)6-7(10-4-5-11(15)21-10)13-9(18)3-2-8-14(13)17-22-16-8/h2-5,7,18H,6H2,1H3. The highest BCUT2D eigenvalue weighted by atomic mass is 79.9. The van der Waals surface area contributed by atoms with Crippen LogP contribution in [0.2, 0.25) is 0 Å². The highest BCUT2D eigenvalue weighted by molar-refractivity contribution is 9.11. The quantitative estimate of drug-likeness (QED) is 0.674. The van der Waals surface area contributed by atoms with Crippen LogP contribution in [-0.2, 0) is 9.53 Å². The third-order valence-corrected chi connectivity index (χ3v) is 5.61. The molecule has 0 aliphatic carbocycles. The first-order valence-corrected chi connectivity index (χ1v) is 8.70. The molecule has 114 valence electrons. The number of aromatic nitrogens is 2. The van der Waals surface area contributed by atoms with Crippen molar-refractivity contribution in [2.24, 2.45) is 0 Å². The second-order valence-corrected chi connectivity index (χ2v) is 7.63. The minimum atomic E-state index is -0.339. The van der Waals surface area contributed by atoms with Crippen LogP contribution < -0.4 is 0 Å². The van der Waals surface area contributed by atoms with Crippen molar-refractivity contribution in [3.63, 3.8) is 0 Å². The van der Waals surface area contributed by atoms with Crippen molar-refractivity contribution < 1.29 is 14.6 Å². The molecule has 0 amide bonds. The third-order valence-electron chi connectivity index (χ3n) is 3.33. The number of nitrogens with zero attached hydrogens (tertiary/aromatic N) is 2. The topological polar surface area (TPSA) is 72.3 Å². The summed E-state index contributed by atoms with van der Waals surface area (Å²) in [7, 11) is 1.36. The Kier molecular flexibility index (Phi) is 4.42. The molecule has 2 heterocycles. The molecule has 0 bridgehead atoms. The number of halogens is 1. The van der Waals surface area contributed by atoms with E-state index in [0.29, 0.717) is 16.6 Å². The Labute approximate surface area is 143 Å². The Morgan fingerprint density at radius 1 is 1.36 bits per heavy atom. The molecular formula is C14H11BrN2O3S2. The van der Waals surface area contributed by atoms with E-state index >= 15 is 0 Å². The number of ether oxygens (including phenoxy) is 1. The lowest BCUT2D eigenvalue weighted by Gasteiger charge is -2.16. The van der Waals surface area contributed by atoms with Gasteiger partial charge in [0.1, 0.15) is 16.8 Å². The number of phenolic OH excluding ortho intramolecular Hbond substituents is 1. The van der Waals surface area contributed by atoms with Crippen molar-refractivity contribution >= 4 is 56.0 Å². The van der Waals surface area contributed by atoms with Gasteiger partial charge in [-0.25, -0.2) is 0 Å². The molecular weight excluding hydrogens is 388 g/mol. The van der Waals surface area contributed by atoms with Gasteiger partial charge in [0, 0.05) is 16.4 Å². The number of esters is 1. The molecule has 0 saturated carbocycles. The van der Waals surface area contributed by atoms with E-state index in [1.807, 2.05) is 12.1 Å². The number of aromatic hydroxyl groups is 1. The molecule has 22 heavy (non-hydrogen) atoms. The Balaban J connectivity index is 2.17. The first-order chi connectivity index (χ1) is 10.6. The molecule has 1 aromatic carbocycles. The first kappa shape index (κ1) is 15.4. The van der Waals surface area contributed by atoms with E-state index < -0.39 is 0 Å². The van der Waals surface area contributed by atoms with E-state index in [9.17, 15) is 9.90 Å². The van der Waals surface area contributed by atoms with Gasteiger partial charge in [0.15, 0.2) is 0 Å². The van der Waals surface area contributed by atoms with Gasteiger partial charge in [-0.3, -0.25) is 4.79 Å². The van der Waals surface area contributed by atoms with Crippen LogP contribution >= 0.6 is 39.0 Å². The van der Waals surface area contributed by atoms with Gasteiger partial charge >= 0.3 is 5.97 Å². The summed E-state index contributed by atoms with van der Waals surface area (Å²) in [6.45, 7) is 0. The van der Waals surface area contributed by atoms with Gasteiger partial charge < -0.3 is 9.84 Å². The largest absolute Gasteiger partial charge is 0.508 e. The van der Waals surface area contributed by atoms with Crippen molar-refractivity contribution in [1.82, 2.24) is 8.75 Å². The maximum absolute atomic E-state index is 11.8. The van der Waals surface area contributed by atoms with E-state index in [4.69, 9.17) is 4.74 Å². The Morgan fingerprint density at radius 2 is 2.18 bits per heavy atom. The van der Waals surface area contributed by atoms with Crippen molar-refractivity contribution in [3.8, 4) is 5.75 Å². The zero-order valence-corrected chi connectivity index (χ0v) is 14.7. The normalized spacial score (nSPS) is 12.5. The molecule has 5 nitrogen and oxygen atoms in total. The number of carbonyl (C=O) groups is 1. The molecule has 0 spiro atoms. The number of thiophene rings is 1. The van der Waals surface area contributed by atoms with Crippen molar-refractivity contribution in [3.05, 3.63) is 38.5 Å². The molecule has 3 rings (SSSR count). The van der Waals surface area contributed by atoms with E-state index in [-0.39, 0.29) is 24.1 Å². The molecule has 1 atom stereocenters. The minimum Gasteiger partial charge on any atom is -0.508 e. The summed E-state index contributed by atoms with van der Waals surface area (Å²) in [6.07, 6.45) is 0.133. The van der Waals surface area contributed by atoms with Crippen LogP contribution in [0.4, 0.5) is 0 Å². The minimum absolute atomic E-state index is 0.110. The molecule has 0 saturated heterocycles. The number of phenols is 1. The van der Waals surface area contributed by atoms with Gasteiger partial charge in [-0.2, -0.15) is 8.75 Å². The number of fused-ring (bicyclic) bond motifs is 1. The maximum Gasteiger partial charge on any atom is 0.306 e. The third kappa shape index (κ3) is 2.86. The van der Waals surface area contributed by atoms with E-state index in [1.165, 1.54) is 18.4 Å². The Morgan fingerprint density at radius 3 is 2.86 bits per heavy atom. The summed E-state index contributed by atoms with van der Waals surface area (Å²) < 4.78 is 14.2. The fourth-order valence-electron chi connectivity index (χ4n) is 2.31. The second kappa shape index (κ2) is 6.31. The number of methoxy groups -OCH3 is 1. The van der Waals surface area contributed by atoms with Gasteiger partial charge in [-0.1, -0.05) is 0 Å². The molecule has 1 N–H and O–H groups in total. The van der Waals surface area contributed by atoms with Gasteiger partial charge in [0.05, 0.1) is 29.0 Å². The van der Waals surface area contributed by atoms with Crippen molar-refractivity contribution in [2.45, 2.75) is 12.3 Å². The van der Waals surface area contributed by atoms with Crippen LogP contribution in [0.1, 0.15) is 22.8 Å². The van der Waals surface area contributed by atoms with Gasteiger partial charge in [0.25, 0.3) is 0 Å². The number of carbonyl (C=O) groups excluding carboxylic acids is 1. The van der Waals surface area contributed by atoms with Gasteiger partial charge in [-0.15, -0.1) is 11.3 Å². The van der Waals surface area contributed by atoms with Crippen molar-refractivity contribution in [2.75, 3.05) is 7.11 Å². The van der Waals surface area contributed by atoms with Crippen LogP contribution in [0.15, 0.2) is 28.1 Å². The number of benzene rings is 1. The first-order valence-electron chi connectivity index (χ1n) is 6.36. The van der Waals surface area contributed by atoms with Crippen LogP contribution in [0.3, 0.4) is 0 Å². The average Bonchev–Trinajstić information content (AvgIpc) is 3.13. The molecule has 0 aliphatic rings. The monoisotopic (exact) mass is 398 g/mol. The molecule has 0 fully saturated rings. The smallest absolute Gasteiger partial charge is 0.306 e. The fourth-order valence-corrected chi connectivity index (χ4v) is 4.40. The van der Waals surface area contributed by atoms with Crippen molar-refractivity contribution in [1.29, 1.82) is 0 Å². The predicted octanol–water partition coefficient (Wildman–Crippen LogP) is 3.92. The molecule has 0 aliphatic heterocycles. The maximum atomic E-state index is 11.8. The Bertz CT molecular complexity index is 830. The summed E-state index contributed by atoms with van der Waals surface area (Å²) in [5.41, 5.74) is 1.96. The summed E-state index contributed by atoms with van der Waals surface area (Å²) in [5, 5.41) is 10.3. The number of rotatable bonds is 4. The van der Waals surface area contributed by atoms with Gasteiger partial charge in [-0.05, 0) is 40.2 Å². The van der Waals surface area contributed by atoms with Crippen LogP contribution in [-0.4, -0.2) is 26.9 Å². The molecule has 2 aromatic heterocycles. The number of hydrogen-bond acceptors (Lipinski definition) is 7. The molecule has 3 aromatic rings.